The number of amides is 1. The zero-order valence-corrected chi connectivity index (χ0v) is 16.6. The number of phenols is 1. The molecular formula is C22H28N4O2. The third-order valence-electron chi connectivity index (χ3n) is 4.87. The number of hydrazone groups is 1. The van der Waals surface area contributed by atoms with Gasteiger partial charge in [0.2, 0.25) is 0 Å². The Bertz CT molecular complexity index is 846. The molecule has 6 heteroatoms. The molecule has 0 aliphatic carbocycles. The van der Waals surface area contributed by atoms with Gasteiger partial charge in [0.1, 0.15) is 11.8 Å². The molecule has 1 aliphatic heterocycles. The van der Waals surface area contributed by atoms with E-state index in [1.54, 1.807) is 25.1 Å². The van der Waals surface area contributed by atoms with Crippen molar-refractivity contribution >= 4 is 11.6 Å². The zero-order valence-electron chi connectivity index (χ0n) is 16.6. The largest absolute Gasteiger partial charge is 0.507 e. The first-order chi connectivity index (χ1) is 13.4. The molecule has 1 aliphatic rings. The molecule has 2 aromatic carbocycles. The second kappa shape index (κ2) is 8.99. The highest BCUT2D eigenvalue weighted by Gasteiger charge is 2.30. The third-order valence-corrected chi connectivity index (χ3v) is 4.87. The van der Waals surface area contributed by atoms with Gasteiger partial charge in [0.25, 0.3) is 5.91 Å². The lowest BCUT2D eigenvalue weighted by Crippen LogP contribution is -2.41. The summed E-state index contributed by atoms with van der Waals surface area (Å²) < 4.78 is 0. The van der Waals surface area contributed by atoms with E-state index in [2.05, 4.69) is 59.5 Å². The Balaban J connectivity index is 1.57. The van der Waals surface area contributed by atoms with Crippen LogP contribution in [0, 0.1) is 5.92 Å². The first-order valence-electron chi connectivity index (χ1n) is 9.66. The molecule has 6 nitrogen and oxygen atoms in total. The predicted molar refractivity (Wildman–Crippen MR) is 111 cm³/mol. The minimum Gasteiger partial charge on any atom is -0.507 e. The van der Waals surface area contributed by atoms with Crippen molar-refractivity contribution in [3.8, 4) is 5.75 Å². The summed E-state index contributed by atoms with van der Waals surface area (Å²) >= 11 is 0. The van der Waals surface area contributed by atoms with Gasteiger partial charge in [-0.05, 0) is 48.9 Å². The van der Waals surface area contributed by atoms with Crippen LogP contribution >= 0.6 is 0 Å². The van der Waals surface area contributed by atoms with E-state index in [0.717, 1.165) is 12.0 Å². The van der Waals surface area contributed by atoms with Crippen molar-refractivity contribution < 1.29 is 9.90 Å². The molecule has 0 radical (unpaired) electrons. The molecule has 1 heterocycles. The number of rotatable bonds is 6. The smallest absolute Gasteiger partial charge is 0.258 e. The van der Waals surface area contributed by atoms with Crippen LogP contribution < -0.4 is 16.3 Å². The summed E-state index contributed by atoms with van der Waals surface area (Å²) in [4.78, 5) is 12.4. The zero-order chi connectivity index (χ0) is 20.1. The molecule has 2 atom stereocenters. The molecule has 2 aromatic rings. The average molecular weight is 380 g/mol. The Hall–Kier alpha value is -2.70. The summed E-state index contributed by atoms with van der Waals surface area (Å²) in [5.74, 6) is 0.563. The maximum Gasteiger partial charge on any atom is 0.258 e. The Morgan fingerprint density at radius 1 is 1.18 bits per heavy atom. The van der Waals surface area contributed by atoms with Crippen molar-refractivity contribution in [1.29, 1.82) is 0 Å². The van der Waals surface area contributed by atoms with Crippen molar-refractivity contribution in [3.05, 3.63) is 65.2 Å². The molecule has 28 heavy (non-hydrogen) atoms. The van der Waals surface area contributed by atoms with Crippen molar-refractivity contribution in [2.24, 2.45) is 11.0 Å². The Morgan fingerprint density at radius 2 is 1.89 bits per heavy atom. The van der Waals surface area contributed by atoms with Crippen LogP contribution in [0.3, 0.4) is 0 Å². The van der Waals surface area contributed by atoms with Gasteiger partial charge >= 0.3 is 0 Å². The van der Waals surface area contributed by atoms with Gasteiger partial charge in [-0.25, -0.2) is 16.3 Å². The molecule has 1 saturated heterocycles. The number of phenolic OH excluding ortho intramolecular Hbond substituents is 1. The normalized spacial score (nSPS) is 19.8. The van der Waals surface area contributed by atoms with E-state index in [-0.39, 0.29) is 23.7 Å². The number of hydrogen-bond donors (Lipinski definition) is 4. The number of aromatic hydroxyl groups is 1. The van der Waals surface area contributed by atoms with Gasteiger partial charge in [-0.2, -0.15) is 5.10 Å². The van der Waals surface area contributed by atoms with Gasteiger partial charge in [0.15, 0.2) is 0 Å². The Kier molecular flexibility index (Phi) is 6.44. The molecule has 1 amide bonds. The highest BCUT2D eigenvalue weighted by atomic mass is 16.3. The number of para-hydroxylation sites is 1. The summed E-state index contributed by atoms with van der Waals surface area (Å²) in [6.45, 7) is 6.17. The molecule has 148 valence electrons. The van der Waals surface area contributed by atoms with Crippen molar-refractivity contribution in [3.63, 3.8) is 0 Å². The quantitative estimate of drug-likeness (QED) is 0.458. The van der Waals surface area contributed by atoms with Crippen molar-refractivity contribution in [2.45, 2.75) is 45.7 Å². The monoisotopic (exact) mass is 380 g/mol. The lowest BCUT2D eigenvalue weighted by molar-refractivity contribution is -0.122. The fourth-order valence-corrected chi connectivity index (χ4v) is 3.36. The highest BCUT2D eigenvalue weighted by molar-refractivity contribution is 6.01. The maximum absolute atomic E-state index is 12.4. The molecular weight excluding hydrogens is 352 g/mol. The number of nitrogens with one attached hydrogen (secondary N) is 3. The molecule has 1 fully saturated rings. The highest BCUT2D eigenvalue weighted by Crippen LogP contribution is 2.23. The molecule has 3 rings (SSSR count). The number of hydrazine groups is 1. The Morgan fingerprint density at radius 3 is 2.57 bits per heavy atom. The van der Waals surface area contributed by atoms with Crippen LogP contribution in [0.4, 0.5) is 0 Å². The van der Waals surface area contributed by atoms with E-state index in [9.17, 15) is 9.90 Å². The van der Waals surface area contributed by atoms with Crippen LogP contribution in [0.15, 0.2) is 53.6 Å². The van der Waals surface area contributed by atoms with E-state index in [1.807, 2.05) is 6.07 Å². The van der Waals surface area contributed by atoms with E-state index in [1.165, 1.54) is 5.56 Å². The van der Waals surface area contributed by atoms with Gasteiger partial charge in [-0.1, -0.05) is 50.2 Å². The fraction of sp³-hybridized carbons (Fsp3) is 0.364. The van der Waals surface area contributed by atoms with Gasteiger partial charge in [0.05, 0.1) is 5.71 Å². The van der Waals surface area contributed by atoms with Crippen LogP contribution in [0.1, 0.15) is 49.9 Å². The van der Waals surface area contributed by atoms with Crippen LogP contribution in [-0.2, 0) is 11.2 Å². The number of hydrogen-bond acceptors (Lipinski definition) is 5. The van der Waals surface area contributed by atoms with E-state index in [0.29, 0.717) is 23.6 Å². The van der Waals surface area contributed by atoms with Crippen LogP contribution in [0.5, 0.6) is 5.75 Å². The van der Waals surface area contributed by atoms with Gasteiger partial charge in [-0.3, -0.25) is 4.79 Å². The first-order valence-corrected chi connectivity index (χ1v) is 9.66. The molecule has 0 spiro atoms. The summed E-state index contributed by atoms with van der Waals surface area (Å²) in [7, 11) is 0. The maximum atomic E-state index is 12.4. The molecule has 0 saturated carbocycles. The third kappa shape index (κ3) is 4.97. The predicted octanol–water partition coefficient (Wildman–Crippen LogP) is 3.04. The summed E-state index contributed by atoms with van der Waals surface area (Å²) in [6.07, 6.45) is 1.70. The summed E-state index contributed by atoms with van der Waals surface area (Å²) in [5, 5.41) is 14.0. The van der Waals surface area contributed by atoms with Crippen molar-refractivity contribution in [1.82, 2.24) is 16.3 Å². The average Bonchev–Trinajstić information content (AvgIpc) is 3.16. The van der Waals surface area contributed by atoms with Gasteiger partial charge in [0, 0.05) is 11.6 Å². The SMILES string of the molecule is C/C(=N\NC(=O)C1CC(c2ccc(CC(C)C)cc2)NN1)c1ccccc1O. The number of carbonyl (C=O) groups excluding carboxylic acids is 1. The van der Waals surface area contributed by atoms with Crippen LogP contribution in [0.2, 0.25) is 0 Å². The fourth-order valence-electron chi connectivity index (χ4n) is 3.36. The lowest BCUT2D eigenvalue weighted by Gasteiger charge is -2.11. The molecule has 0 bridgehead atoms. The second-order valence-corrected chi connectivity index (χ2v) is 7.66. The molecule has 0 aromatic heterocycles. The topological polar surface area (TPSA) is 85.8 Å². The molecule has 4 N–H and O–H groups in total. The van der Waals surface area contributed by atoms with Crippen molar-refractivity contribution in [2.75, 3.05) is 0 Å². The number of carbonyl (C=O) groups is 1. The number of nitrogens with zero attached hydrogens (tertiary/aromatic N) is 1. The van der Waals surface area contributed by atoms with Gasteiger partial charge < -0.3 is 5.11 Å². The van der Waals surface area contributed by atoms with E-state index < -0.39 is 0 Å². The van der Waals surface area contributed by atoms with Gasteiger partial charge in [-0.15, -0.1) is 0 Å². The standard InChI is InChI=1S/C22H28N4O2/c1-14(2)12-16-8-10-17(11-9-16)19-13-20(25-24-19)22(28)26-23-15(3)18-6-4-5-7-21(18)27/h4-11,14,19-20,24-25,27H,12-13H2,1-3H3,(H,26,28)/b23-15+. The summed E-state index contributed by atoms with van der Waals surface area (Å²) in [6, 6.07) is 15.2. The minimum atomic E-state index is -0.374. The van der Waals surface area contributed by atoms with Crippen LogP contribution in [0.25, 0.3) is 0 Å². The molecule has 2 unspecified atom stereocenters. The minimum absolute atomic E-state index is 0.0760. The first kappa shape index (κ1) is 20.0. The second-order valence-electron chi connectivity index (χ2n) is 7.66. The van der Waals surface area contributed by atoms with E-state index >= 15 is 0 Å². The number of benzene rings is 2. The van der Waals surface area contributed by atoms with E-state index in [4.69, 9.17) is 0 Å². The van der Waals surface area contributed by atoms with Crippen LogP contribution in [-0.4, -0.2) is 22.8 Å². The summed E-state index contributed by atoms with van der Waals surface area (Å²) in [5.41, 5.74) is 12.5. The Labute approximate surface area is 166 Å². The lowest BCUT2D eigenvalue weighted by atomic mass is 9.97.